The van der Waals surface area contributed by atoms with Crippen molar-refractivity contribution in [2.45, 2.75) is 23.4 Å². The Kier molecular flexibility index (Phi) is 5.85. The van der Waals surface area contributed by atoms with Crippen LogP contribution in [0.5, 0.6) is 0 Å². The predicted octanol–water partition coefficient (Wildman–Crippen LogP) is 5.13. The second-order valence-corrected chi connectivity index (χ2v) is 8.00. The topological polar surface area (TPSA) is 59.1 Å². The minimum absolute atomic E-state index is 0.0339. The first kappa shape index (κ1) is 18.4. The first-order valence-electron chi connectivity index (χ1n) is 8.08. The van der Waals surface area contributed by atoms with Crippen LogP contribution in [0.1, 0.15) is 33.8 Å². The van der Waals surface area contributed by atoms with Crippen LogP contribution in [-0.4, -0.2) is 16.7 Å². The number of hydrogen-bond acceptors (Lipinski definition) is 5. The van der Waals surface area contributed by atoms with Crippen LogP contribution >= 0.6 is 23.1 Å². The van der Waals surface area contributed by atoms with E-state index in [1.807, 2.05) is 42.6 Å². The summed E-state index contributed by atoms with van der Waals surface area (Å²) in [4.78, 5) is 29.0. The van der Waals surface area contributed by atoms with Crippen LogP contribution in [0, 0.1) is 6.92 Å². The van der Waals surface area contributed by atoms with Gasteiger partial charge in [0, 0.05) is 22.3 Å². The van der Waals surface area contributed by atoms with E-state index in [1.165, 1.54) is 30.0 Å². The average molecular weight is 383 g/mol. The average Bonchev–Trinajstić information content (AvgIpc) is 3.05. The number of aromatic nitrogens is 1. The number of nitrogens with one attached hydrogen (secondary N) is 1. The molecule has 1 heterocycles. The van der Waals surface area contributed by atoms with Gasteiger partial charge < -0.3 is 5.32 Å². The van der Waals surface area contributed by atoms with Crippen molar-refractivity contribution in [3.63, 3.8) is 0 Å². The van der Waals surface area contributed by atoms with E-state index in [-0.39, 0.29) is 11.7 Å². The Bertz CT molecular complexity index is 922. The van der Waals surface area contributed by atoms with Crippen LogP contribution in [0.4, 0.5) is 5.69 Å². The molecule has 0 fully saturated rings. The molecule has 1 atom stereocenters. The van der Waals surface area contributed by atoms with Gasteiger partial charge in [-0.3, -0.25) is 9.59 Å². The molecule has 2 aromatic carbocycles. The van der Waals surface area contributed by atoms with Gasteiger partial charge in [-0.15, -0.1) is 11.3 Å². The first-order valence-corrected chi connectivity index (χ1v) is 9.84. The van der Waals surface area contributed by atoms with E-state index in [0.29, 0.717) is 11.3 Å². The van der Waals surface area contributed by atoms with Gasteiger partial charge in [0.05, 0.1) is 0 Å². The Balaban J connectivity index is 1.85. The van der Waals surface area contributed by atoms with Crippen molar-refractivity contribution in [3.8, 4) is 0 Å². The van der Waals surface area contributed by atoms with Gasteiger partial charge in [0.15, 0.2) is 10.1 Å². The number of carbonyl (C=O) groups excluding carboxylic acids is 2. The number of carbonyl (C=O) groups is 2. The van der Waals surface area contributed by atoms with E-state index in [0.717, 1.165) is 15.6 Å². The third-order valence-electron chi connectivity index (χ3n) is 3.69. The Morgan fingerprint density at radius 3 is 2.54 bits per heavy atom. The minimum Gasteiger partial charge on any atom is -0.325 e. The summed E-state index contributed by atoms with van der Waals surface area (Å²) in [6.07, 6.45) is 0. The zero-order chi connectivity index (χ0) is 18.5. The molecule has 1 N–H and O–H groups in total. The predicted molar refractivity (Wildman–Crippen MR) is 107 cm³/mol. The molecular weight excluding hydrogens is 364 g/mol. The zero-order valence-corrected chi connectivity index (χ0v) is 16.1. The molecule has 0 aliphatic heterocycles. The maximum atomic E-state index is 13.0. The van der Waals surface area contributed by atoms with Crippen molar-refractivity contribution in [1.29, 1.82) is 0 Å². The summed E-state index contributed by atoms with van der Waals surface area (Å²) in [5.74, 6) is -0.178. The molecular formula is C20H18N2O2S2. The van der Waals surface area contributed by atoms with Gasteiger partial charge in [-0.1, -0.05) is 54.2 Å². The summed E-state index contributed by atoms with van der Waals surface area (Å²) in [5, 5.41) is 4.47. The molecule has 0 saturated heterocycles. The van der Waals surface area contributed by atoms with Gasteiger partial charge in [0.1, 0.15) is 5.25 Å². The third-order valence-corrected chi connectivity index (χ3v) is 6.04. The summed E-state index contributed by atoms with van der Waals surface area (Å²) in [6.45, 7) is 3.44. The van der Waals surface area contributed by atoms with Gasteiger partial charge >= 0.3 is 0 Å². The first-order chi connectivity index (χ1) is 12.5. The van der Waals surface area contributed by atoms with Crippen molar-refractivity contribution in [2.24, 2.45) is 0 Å². The molecule has 0 unspecified atom stereocenters. The molecule has 26 heavy (non-hydrogen) atoms. The lowest BCUT2D eigenvalue weighted by molar-refractivity contribution is -0.115. The SMILES string of the molecule is CC(=O)c1cccc(NC(=O)[C@@H](Sc2nc(C)cs2)c2ccccc2)c1. The number of hydrogen-bond donors (Lipinski definition) is 1. The lowest BCUT2D eigenvalue weighted by Gasteiger charge is -2.16. The second-order valence-electron chi connectivity index (χ2n) is 5.79. The van der Waals surface area contributed by atoms with Gasteiger partial charge in [-0.2, -0.15) is 0 Å². The lowest BCUT2D eigenvalue weighted by Crippen LogP contribution is -2.19. The quantitative estimate of drug-likeness (QED) is 0.474. The van der Waals surface area contributed by atoms with Gasteiger partial charge in [0.2, 0.25) is 5.91 Å². The molecule has 0 spiro atoms. The number of anilines is 1. The maximum Gasteiger partial charge on any atom is 0.242 e. The van der Waals surface area contributed by atoms with Crippen LogP contribution in [0.3, 0.4) is 0 Å². The van der Waals surface area contributed by atoms with Crippen molar-refractivity contribution < 1.29 is 9.59 Å². The monoisotopic (exact) mass is 382 g/mol. The molecule has 1 aromatic heterocycles. The van der Waals surface area contributed by atoms with E-state index in [1.54, 1.807) is 24.3 Å². The van der Waals surface area contributed by atoms with E-state index < -0.39 is 5.25 Å². The Labute approximate surface area is 160 Å². The lowest BCUT2D eigenvalue weighted by atomic mass is 10.1. The number of rotatable bonds is 6. The van der Waals surface area contributed by atoms with Crippen LogP contribution < -0.4 is 5.32 Å². The summed E-state index contributed by atoms with van der Waals surface area (Å²) in [5.41, 5.74) is 3.03. The van der Waals surface area contributed by atoms with Crippen LogP contribution in [-0.2, 0) is 4.79 Å². The summed E-state index contributed by atoms with van der Waals surface area (Å²) < 4.78 is 0.851. The van der Waals surface area contributed by atoms with Gasteiger partial charge in [0.25, 0.3) is 0 Å². The highest BCUT2D eigenvalue weighted by Gasteiger charge is 2.23. The molecule has 0 aliphatic carbocycles. The third kappa shape index (κ3) is 4.59. The summed E-state index contributed by atoms with van der Waals surface area (Å²) in [6, 6.07) is 16.6. The second kappa shape index (κ2) is 8.29. The van der Waals surface area contributed by atoms with E-state index in [9.17, 15) is 9.59 Å². The van der Waals surface area contributed by atoms with Crippen molar-refractivity contribution >= 4 is 40.5 Å². The van der Waals surface area contributed by atoms with Crippen molar-refractivity contribution in [2.75, 3.05) is 5.32 Å². The molecule has 3 rings (SSSR count). The molecule has 0 radical (unpaired) electrons. The van der Waals surface area contributed by atoms with E-state index in [2.05, 4.69) is 10.3 Å². The van der Waals surface area contributed by atoms with Gasteiger partial charge in [-0.25, -0.2) is 4.98 Å². The molecule has 132 valence electrons. The van der Waals surface area contributed by atoms with Gasteiger partial charge in [-0.05, 0) is 31.5 Å². The molecule has 3 aromatic rings. The summed E-state index contributed by atoms with van der Waals surface area (Å²) >= 11 is 2.96. The highest BCUT2D eigenvalue weighted by molar-refractivity contribution is 8.01. The number of thioether (sulfide) groups is 1. The number of aryl methyl sites for hydroxylation is 1. The van der Waals surface area contributed by atoms with E-state index in [4.69, 9.17) is 0 Å². The highest BCUT2D eigenvalue weighted by Crippen LogP contribution is 2.37. The highest BCUT2D eigenvalue weighted by atomic mass is 32.2. The summed E-state index contributed by atoms with van der Waals surface area (Å²) in [7, 11) is 0. The Hall–Kier alpha value is -2.44. The van der Waals surface area contributed by atoms with Crippen LogP contribution in [0.25, 0.3) is 0 Å². The molecule has 6 heteroatoms. The number of benzene rings is 2. The van der Waals surface area contributed by atoms with Crippen LogP contribution in [0.2, 0.25) is 0 Å². The molecule has 4 nitrogen and oxygen atoms in total. The molecule has 0 bridgehead atoms. The number of nitrogens with zero attached hydrogens (tertiary/aromatic N) is 1. The Morgan fingerprint density at radius 2 is 1.88 bits per heavy atom. The molecule has 0 aliphatic rings. The Morgan fingerprint density at radius 1 is 1.12 bits per heavy atom. The van der Waals surface area contributed by atoms with Crippen molar-refractivity contribution in [1.82, 2.24) is 4.98 Å². The maximum absolute atomic E-state index is 13.0. The van der Waals surface area contributed by atoms with Crippen molar-refractivity contribution in [3.05, 3.63) is 76.8 Å². The fourth-order valence-electron chi connectivity index (χ4n) is 2.41. The largest absolute Gasteiger partial charge is 0.325 e. The number of amides is 1. The minimum atomic E-state index is -0.428. The molecule has 0 saturated carbocycles. The number of ketones is 1. The molecule has 1 amide bonds. The normalized spacial score (nSPS) is 11.8. The standard InChI is InChI=1S/C20H18N2O2S2/c1-13-12-25-20(21-13)26-18(15-7-4-3-5-8-15)19(24)22-17-10-6-9-16(11-17)14(2)23/h3-12,18H,1-2H3,(H,22,24)/t18-/m0/s1. The fourth-order valence-corrected chi connectivity index (χ4v) is 4.45. The zero-order valence-electron chi connectivity index (χ0n) is 14.4. The number of Topliss-reactive ketones (excluding diaryl/α,β-unsaturated/α-hetero) is 1. The van der Waals surface area contributed by atoms with Crippen LogP contribution in [0.15, 0.2) is 64.3 Å². The smallest absolute Gasteiger partial charge is 0.242 e. The fraction of sp³-hybridized carbons (Fsp3) is 0.150. The van der Waals surface area contributed by atoms with E-state index >= 15 is 0 Å². The number of thiazole rings is 1.